The number of nitrogens with one attached hydrogen (secondary N) is 1. The van der Waals surface area contributed by atoms with Crippen LogP contribution in [-0.4, -0.2) is 15.1 Å². The number of hydrogen-bond acceptors (Lipinski definition) is 2. The fourth-order valence-electron chi connectivity index (χ4n) is 2.53. The van der Waals surface area contributed by atoms with Crippen LogP contribution in [0.4, 0.5) is 0 Å². The van der Waals surface area contributed by atoms with Crippen LogP contribution in [-0.2, 0) is 12.8 Å². The maximum absolute atomic E-state index is 9.52. The summed E-state index contributed by atoms with van der Waals surface area (Å²) in [6, 6.07) is 5.71. The number of aromatic hydroxyl groups is 1. The Morgan fingerprint density at radius 3 is 3.19 bits per heavy atom. The van der Waals surface area contributed by atoms with Crippen LogP contribution >= 0.6 is 0 Å². The minimum atomic E-state index is 0.366. The molecule has 0 saturated heterocycles. The van der Waals surface area contributed by atoms with Gasteiger partial charge in [0.2, 0.25) is 0 Å². The molecule has 1 heterocycles. The van der Waals surface area contributed by atoms with Gasteiger partial charge in [-0.1, -0.05) is 6.07 Å². The third kappa shape index (κ3) is 1.58. The molecule has 1 aromatic carbocycles. The Morgan fingerprint density at radius 1 is 1.44 bits per heavy atom. The number of imidazole rings is 1. The number of aromatic amines is 1. The van der Waals surface area contributed by atoms with Crippen molar-refractivity contribution in [3.63, 3.8) is 0 Å². The third-order valence-electron chi connectivity index (χ3n) is 3.33. The molecule has 1 aromatic heterocycles. The Hall–Kier alpha value is -1.77. The van der Waals surface area contributed by atoms with Crippen LogP contribution in [0.25, 0.3) is 0 Å². The van der Waals surface area contributed by atoms with E-state index in [9.17, 15) is 5.11 Å². The fourth-order valence-corrected chi connectivity index (χ4v) is 2.53. The van der Waals surface area contributed by atoms with Crippen molar-refractivity contribution in [1.29, 1.82) is 0 Å². The first kappa shape index (κ1) is 9.46. The van der Waals surface area contributed by atoms with Gasteiger partial charge in [-0.2, -0.15) is 0 Å². The van der Waals surface area contributed by atoms with Gasteiger partial charge in [0.1, 0.15) is 11.6 Å². The molecule has 3 nitrogen and oxygen atoms in total. The van der Waals surface area contributed by atoms with Gasteiger partial charge < -0.3 is 10.1 Å². The lowest BCUT2D eigenvalue weighted by Gasteiger charge is -2.09. The number of phenolic OH excluding ortho intramolecular Hbond substituents is 1. The summed E-state index contributed by atoms with van der Waals surface area (Å²) < 4.78 is 0. The smallest absolute Gasteiger partial charge is 0.115 e. The highest BCUT2D eigenvalue weighted by molar-refractivity contribution is 5.40. The number of benzene rings is 1. The molecule has 0 amide bonds. The van der Waals surface area contributed by atoms with E-state index in [0.717, 1.165) is 25.1 Å². The number of H-pyrrole nitrogens is 1. The van der Waals surface area contributed by atoms with Crippen molar-refractivity contribution in [2.24, 2.45) is 0 Å². The molecule has 0 radical (unpaired) electrons. The highest BCUT2D eigenvalue weighted by Crippen LogP contribution is 2.36. The normalized spacial score (nSPS) is 18.6. The summed E-state index contributed by atoms with van der Waals surface area (Å²) in [6.45, 7) is 0. The van der Waals surface area contributed by atoms with Gasteiger partial charge in [0.25, 0.3) is 0 Å². The SMILES string of the molecule is Oc1ccc2c(c1)C(Cc1ncc[nH]1)CC2. The molecule has 0 aliphatic heterocycles. The molecule has 2 aromatic rings. The van der Waals surface area contributed by atoms with Crippen LogP contribution in [0.3, 0.4) is 0 Å². The van der Waals surface area contributed by atoms with E-state index in [0.29, 0.717) is 11.7 Å². The number of phenols is 1. The van der Waals surface area contributed by atoms with Gasteiger partial charge in [-0.05, 0) is 42.0 Å². The van der Waals surface area contributed by atoms with E-state index < -0.39 is 0 Å². The summed E-state index contributed by atoms with van der Waals surface area (Å²) in [6.07, 6.45) is 6.84. The van der Waals surface area contributed by atoms with Crippen LogP contribution in [0.1, 0.15) is 29.3 Å². The molecule has 1 unspecified atom stereocenters. The quantitative estimate of drug-likeness (QED) is 0.806. The third-order valence-corrected chi connectivity index (χ3v) is 3.33. The van der Waals surface area contributed by atoms with E-state index in [4.69, 9.17) is 0 Å². The largest absolute Gasteiger partial charge is 0.508 e. The van der Waals surface area contributed by atoms with Crippen molar-refractivity contribution in [3.8, 4) is 5.75 Å². The molecule has 3 rings (SSSR count). The Bertz CT molecular complexity index is 491. The number of fused-ring (bicyclic) bond motifs is 1. The molecule has 1 aliphatic rings. The molecule has 0 bridgehead atoms. The van der Waals surface area contributed by atoms with Crippen LogP contribution < -0.4 is 0 Å². The Balaban J connectivity index is 1.88. The lowest BCUT2D eigenvalue weighted by Crippen LogP contribution is -2.00. The van der Waals surface area contributed by atoms with Crippen molar-refractivity contribution in [1.82, 2.24) is 9.97 Å². The predicted octanol–water partition coefficient (Wildman–Crippen LogP) is 2.39. The van der Waals surface area contributed by atoms with Crippen molar-refractivity contribution in [3.05, 3.63) is 47.5 Å². The molecule has 1 atom stereocenters. The van der Waals surface area contributed by atoms with Gasteiger partial charge in [0, 0.05) is 18.8 Å². The highest BCUT2D eigenvalue weighted by Gasteiger charge is 2.23. The summed E-state index contributed by atoms with van der Waals surface area (Å²) in [5, 5.41) is 9.52. The molecule has 0 spiro atoms. The lowest BCUT2D eigenvalue weighted by atomic mass is 9.97. The standard InChI is InChI=1S/C13H14N2O/c16-11-4-3-9-1-2-10(12(9)8-11)7-13-14-5-6-15-13/h3-6,8,10,16H,1-2,7H2,(H,14,15). The second-order valence-electron chi connectivity index (χ2n) is 4.36. The maximum Gasteiger partial charge on any atom is 0.115 e. The van der Waals surface area contributed by atoms with Crippen molar-refractivity contribution < 1.29 is 5.11 Å². The Kier molecular flexibility index (Phi) is 2.17. The first-order valence-corrected chi connectivity index (χ1v) is 5.63. The van der Waals surface area contributed by atoms with E-state index >= 15 is 0 Å². The van der Waals surface area contributed by atoms with Crippen LogP contribution in [0, 0.1) is 0 Å². The first-order chi connectivity index (χ1) is 7.83. The van der Waals surface area contributed by atoms with Crippen molar-refractivity contribution in [2.45, 2.75) is 25.2 Å². The van der Waals surface area contributed by atoms with Gasteiger partial charge in [0.15, 0.2) is 0 Å². The average molecular weight is 214 g/mol. The van der Waals surface area contributed by atoms with Gasteiger partial charge in [-0.25, -0.2) is 4.98 Å². The van der Waals surface area contributed by atoms with Crippen LogP contribution in [0.5, 0.6) is 5.75 Å². The molecule has 1 aliphatic carbocycles. The molecule has 2 N–H and O–H groups in total. The fraction of sp³-hybridized carbons (Fsp3) is 0.308. The minimum absolute atomic E-state index is 0.366. The molecular formula is C13H14N2O. The number of hydrogen-bond donors (Lipinski definition) is 2. The molecule has 0 fully saturated rings. The number of aryl methyl sites for hydroxylation is 1. The summed E-state index contributed by atoms with van der Waals surface area (Å²) in [7, 11) is 0. The van der Waals surface area contributed by atoms with Gasteiger partial charge in [-0.3, -0.25) is 0 Å². The van der Waals surface area contributed by atoms with Crippen molar-refractivity contribution >= 4 is 0 Å². The first-order valence-electron chi connectivity index (χ1n) is 5.63. The second kappa shape index (κ2) is 3.67. The predicted molar refractivity (Wildman–Crippen MR) is 61.5 cm³/mol. The molecular weight excluding hydrogens is 200 g/mol. The van der Waals surface area contributed by atoms with E-state index in [1.165, 1.54) is 11.1 Å². The van der Waals surface area contributed by atoms with E-state index in [-0.39, 0.29) is 0 Å². The monoisotopic (exact) mass is 214 g/mol. The van der Waals surface area contributed by atoms with Crippen molar-refractivity contribution in [2.75, 3.05) is 0 Å². The maximum atomic E-state index is 9.52. The average Bonchev–Trinajstić information content (AvgIpc) is 2.90. The summed E-state index contributed by atoms with van der Waals surface area (Å²) in [5.41, 5.74) is 2.66. The van der Waals surface area contributed by atoms with Gasteiger partial charge in [0.05, 0.1) is 0 Å². The number of nitrogens with zero attached hydrogens (tertiary/aromatic N) is 1. The number of aromatic nitrogens is 2. The topological polar surface area (TPSA) is 48.9 Å². The summed E-state index contributed by atoms with van der Waals surface area (Å²) >= 11 is 0. The Morgan fingerprint density at radius 2 is 2.38 bits per heavy atom. The Labute approximate surface area is 94.2 Å². The molecule has 82 valence electrons. The number of rotatable bonds is 2. The zero-order valence-electron chi connectivity index (χ0n) is 8.98. The molecule has 16 heavy (non-hydrogen) atoms. The summed E-state index contributed by atoms with van der Waals surface area (Å²) in [5.74, 6) is 1.89. The van der Waals surface area contributed by atoms with Crippen LogP contribution in [0.2, 0.25) is 0 Å². The zero-order chi connectivity index (χ0) is 11.0. The van der Waals surface area contributed by atoms with Gasteiger partial charge in [-0.15, -0.1) is 0 Å². The second-order valence-corrected chi connectivity index (χ2v) is 4.36. The van der Waals surface area contributed by atoms with Crippen LogP contribution in [0.15, 0.2) is 30.6 Å². The molecule has 0 saturated carbocycles. The van der Waals surface area contributed by atoms with E-state index in [2.05, 4.69) is 9.97 Å². The zero-order valence-corrected chi connectivity index (χ0v) is 8.98. The van der Waals surface area contributed by atoms with E-state index in [1.807, 2.05) is 18.3 Å². The van der Waals surface area contributed by atoms with E-state index in [1.54, 1.807) is 12.3 Å². The molecule has 3 heteroatoms. The lowest BCUT2D eigenvalue weighted by molar-refractivity contribution is 0.474. The van der Waals surface area contributed by atoms with Gasteiger partial charge >= 0.3 is 0 Å². The highest BCUT2D eigenvalue weighted by atomic mass is 16.3. The summed E-state index contributed by atoms with van der Waals surface area (Å²) in [4.78, 5) is 7.39. The minimum Gasteiger partial charge on any atom is -0.508 e.